The Kier molecular flexibility index (Phi) is 6.36. The highest BCUT2D eigenvalue weighted by atomic mass is 32.2. The second-order valence-electron chi connectivity index (χ2n) is 7.38. The van der Waals surface area contributed by atoms with E-state index in [-0.39, 0.29) is 11.3 Å². The average molecular weight is 484 g/mol. The summed E-state index contributed by atoms with van der Waals surface area (Å²) in [7, 11) is -3.18. The van der Waals surface area contributed by atoms with Gasteiger partial charge in [-0.15, -0.1) is 0 Å². The van der Waals surface area contributed by atoms with Gasteiger partial charge in [-0.1, -0.05) is 12.1 Å². The monoisotopic (exact) mass is 484 g/mol. The van der Waals surface area contributed by atoms with Crippen LogP contribution in [0.3, 0.4) is 0 Å². The van der Waals surface area contributed by atoms with Crippen LogP contribution in [0.1, 0.15) is 11.1 Å². The van der Waals surface area contributed by atoms with Crippen LogP contribution in [0.5, 0.6) is 0 Å². The number of aryl methyl sites for hydroxylation is 2. The number of halogens is 3. The van der Waals surface area contributed by atoms with Crippen LogP contribution in [0.15, 0.2) is 40.5 Å². The number of pyridine rings is 1. The second-order valence-corrected chi connectivity index (χ2v) is 9.32. The molecule has 3 aromatic rings. The van der Waals surface area contributed by atoms with Crippen molar-refractivity contribution in [2.24, 2.45) is 0 Å². The summed E-state index contributed by atoms with van der Waals surface area (Å²) in [5, 5.41) is 18.7. The molecule has 3 heterocycles. The van der Waals surface area contributed by atoms with Gasteiger partial charge in [-0.2, -0.15) is 18.3 Å². The Balaban J connectivity index is 0.000000383. The summed E-state index contributed by atoms with van der Waals surface area (Å²) in [6.45, 7) is 4.06. The molecule has 0 fully saturated rings. The largest absolute Gasteiger partial charge is 0.490 e. The number of alkyl halides is 3. The highest BCUT2D eigenvalue weighted by Crippen LogP contribution is 2.25. The van der Waals surface area contributed by atoms with Crippen LogP contribution in [-0.4, -0.2) is 52.6 Å². The zero-order chi connectivity index (χ0) is 24.6. The first-order chi connectivity index (χ1) is 15.3. The number of sulfone groups is 1. The number of aromatic nitrogens is 3. The third kappa shape index (κ3) is 5.61. The molecule has 1 atom stereocenters. The third-order valence-electron chi connectivity index (χ3n) is 4.87. The summed E-state index contributed by atoms with van der Waals surface area (Å²) in [6, 6.07) is 7.44. The molecule has 0 bridgehead atoms. The number of carboxylic acids is 1. The van der Waals surface area contributed by atoms with E-state index in [4.69, 9.17) is 9.90 Å². The Morgan fingerprint density at radius 2 is 1.88 bits per heavy atom. The Bertz CT molecular complexity index is 1410. The standard InChI is InChI=1S/C18H18N4O3S.C2HF3O2/c1-10-3-4-12(7-11(10)2)14-8-15-16(18(23)20-14)17(22-21-15)19-13-5-6-26(24,25)9-13;3-2(4,5)1(6)7/h3-8,13H,9H2,1-2H3,(H,20,23)(H2,19,21,22);(H,6,7). The summed E-state index contributed by atoms with van der Waals surface area (Å²) in [4.78, 5) is 24.4. The van der Waals surface area contributed by atoms with Gasteiger partial charge in [0.2, 0.25) is 0 Å². The molecular formula is C20H19F3N4O5S. The van der Waals surface area contributed by atoms with Crippen molar-refractivity contribution >= 4 is 32.5 Å². The molecule has 4 N–H and O–H groups in total. The number of carbonyl (C=O) groups is 1. The van der Waals surface area contributed by atoms with E-state index in [0.717, 1.165) is 11.1 Å². The van der Waals surface area contributed by atoms with E-state index in [1.54, 1.807) is 6.08 Å². The second kappa shape index (κ2) is 8.73. The lowest BCUT2D eigenvalue weighted by Crippen LogP contribution is -2.22. The zero-order valence-corrected chi connectivity index (χ0v) is 18.1. The average Bonchev–Trinajstić information content (AvgIpc) is 3.26. The van der Waals surface area contributed by atoms with Gasteiger partial charge in [-0.3, -0.25) is 9.89 Å². The van der Waals surface area contributed by atoms with Crippen LogP contribution in [0.4, 0.5) is 19.0 Å². The first kappa shape index (κ1) is 24.0. The zero-order valence-electron chi connectivity index (χ0n) is 17.3. The first-order valence-electron chi connectivity index (χ1n) is 9.43. The van der Waals surface area contributed by atoms with E-state index in [1.807, 2.05) is 38.1 Å². The lowest BCUT2D eigenvalue weighted by molar-refractivity contribution is -0.192. The van der Waals surface area contributed by atoms with Gasteiger partial charge in [-0.25, -0.2) is 13.2 Å². The summed E-state index contributed by atoms with van der Waals surface area (Å²) >= 11 is 0. The Hall–Kier alpha value is -3.61. The van der Waals surface area contributed by atoms with Crippen molar-refractivity contribution in [1.82, 2.24) is 15.2 Å². The Morgan fingerprint density at radius 3 is 2.42 bits per heavy atom. The van der Waals surface area contributed by atoms with E-state index in [1.165, 1.54) is 11.0 Å². The topological polar surface area (TPSA) is 145 Å². The van der Waals surface area contributed by atoms with Gasteiger partial charge in [0.15, 0.2) is 15.7 Å². The number of aromatic amines is 2. The van der Waals surface area contributed by atoms with E-state index in [0.29, 0.717) is 22.4 Å². The SMILES string of the molecule is Cc1ccc(-c2cc3[nH]nc(NC4C=CS(=O)(=O)C4)c3c(=O)[nH]2)cc1C.O=C(O)C(F)(F)F. The molecule has 0 radical (unpaired) electrons. The molecule has 0 spiro atoms. The van der Waals surface area contributed by atoms with Gasteiger partial charge in [0.25, 0.3) is 5.56 Å². The summed E-state index contributed by atoms with van der Waals surface area (Å²) in [6.07, 6.45) is -3.52. The van der Waals surface area contributed by atoms with E-state index >= 15 is 0 Å². The Morgan fingerprint density at radius 1 is 1.21 bits per heavy atom. The van der Waals surface area contributed by atoms with Gasteiger partial charge < -0.3 is 15.4 Å². The predicted octanol–water partition coefficient (Wildman–Crippen LogP) is 2.89. The van der Waals surface area contributed by atoms with Crippen molar-refractivity contribution in [2.75, 3.05) is 11.1 Å². The molecule has 1 aromatic carbocycles. The molecule has 176 valence electrons. The normalized spacial score (nSPS) is 16.9. The number of hydrogen-bond donors (Lipinski definition) is 4. The summed E-state index contributed by atoms with van der Waals surface area (Å²) < 4.78 is 54.8. The van der Waals surface area contributed by atoms with Crippen LogP contribution in [-0.2, 0) is 14.6 Å². The summed E-state index contributed by atoms with van der Waals surface area (Å²) in [5.41, 5.74) is 4.26. The number of nitrogens with zero attached hydrogens (tertiary/aromatic N) is 1. The van der Waals surface area contributed by atoms with Crippen molar-refractivity contribution in [1.29, 1.82) is 0 Å². The highest BCUT2D eigenvalue weighted by Gasteiger charge is 2.38. The summed E-state index contributed by atoms with van der Waals surface area (Å²) in [5.74, 6) is -2.45. The smallest absolute Gasteiger partial charge is 0.475 e. The molecule has 33 heavy (non-hydrogen) atoms. The van der Waals surface area contributed by atoms with Crippen LogP contribution in [0.2, 0.25) is 0 Å². The quantitative estimate of drug-likeness (QED) is 0.447. The number of carboxylic acid groups (broad SMARTS) is 1. The number of nitrogens with one attached hydrogen (secondary N) is 3. The number of benzene rings is 1. The van der Waals surface area contributed by atoms with E-state index in [9.17, 15) is 26.4 Å². The maximum atomic E-state index is 12.6. The minimum atomic E-state index is -5.08. The molecule has 0 amide bonds. The molecule has 4 rings (SSSR count). The molecule has 1 aliphatic heterocycles. The highest BCUT2D eigenvalue weighted by molar-refractivity contribution is 7.94. The number of aliphatic carboxylic acids is 1. The van der Waals surface area contributed by atoms with Gasteiger partial charge >= 0.3 is 12.1 Å². The fourth-order valence-electron chi connectivity index (χ4n) is 3.07. The molecule has 1 unspecified atom stereocenters. The number of anilines is 1. The number of H-pyrrole nitrogens is 2. The lowest BCUT2D eigenvalue weighted by atomic mass is 10.0. The molecule has 9 nitrogen and oxygen atoms in total. The Labute approximate surface area is 185 Å². The van der Waals surface area contributed by atoms with E-state index < -0.39 is 28.0 Å². The van der Waals surface area contributed by atoms with Crippen LogP contribution >= 0.6 is 0 Å². The number of rotatable bonds is 3. The first-order valence-corrected chi connectivity index (χ1v) is 11.1. The minimum Gasteiger partial charge on any atom is -0.475 e. The van der Waals surface area contributed by atoms with Gasteiger partial charge in [0, 0.05) is 5.41 Å². The lowest BCUT2D eigenvalue weighted by Gasteiger charge is -2.09. The van der Waals surface area contributed by atoms with Crippen molar-refractivity contribution in [3.8, 4) is 11.3 Å². The van der Waals surface area contributed by atoms with Crippen LogP contribution in [0.25, 0.3) is 22.2 Å². The molecule has 0 saturated carbocycles. The minimum absolute atomic E-state index is 0.0417. The number of hydrogen-bond acceptors (Lipinski definition) is 6. The van der Waals surface area contributed by atoms with Crippen molar-refractivity contribution in [3.05, 3.63) is 57.2 Å². The molecule has 2 aromatic heterocycles. The fourth-order valence-corrected chi connectivity index (χ4v) is 4.30. The maximum absolute atomic E-state index is 12.6. The van der Waals surface area contributed by atoms with Gasteiger partial charge in [0.1, 0.15) is 5.39 Å². The molecule has 0 aliphatic carbocycles. The third-order valence-corrected chi connectivity index (χ3v) is 6.27. The predicted molar refractivity (Wildman–Crippen MR) is 116 cm³/mol. The van der Waals surface area contributed by atoms with Crippen LogP contribution in [0, 0.1) is 13.8 Å². The maximum Gasteiger partial charge on any atom is 0.490 e. The van der Waals surface area contributed by atoms with Crippen LogP contribution < -0.4 is 10.9 Å². The van der Waals surface area contributed by atoms with Crippen molar-refractivity contribution < 1.29 is 31.5 Å². The number of fused-ring (bicyclic) bond motifs is 1. The molecule has 0 saturated heterocycles. The fraction of sp³-hybridized carbons (Fsp3) is 0.250. The molecule has 1 aliphatic rings. The van der Waals surface area contributed by atoms with Gasteiger partial charge in [-0.05, 0) is 48.7 Å². The van der Waals surface area contributed by atoms with E-state index in [2.05, 4.69) is 20.5 Å². The molecular weight excluding hydrogens is 465 g/mol. The van der Waals surface area contributed by atoms with Crippen molar-refractivity contribution in [3.63, 3.8) is 0 Å². The molecule has 13 heteroatoms. The van der Waals surface area contributed by atoms with Gasteiger partial charge in [0.05, 0.1) is 23.0 Å². The van der Waals surface area contributed by atoms with Crippen molar-refractivity contribution in [2.45, 2.75) is 26.1 Å².